The molecule has 0 aromatic rings. The van der Waals surface area contributed by atoms with E-state index in [9.17, 15) is 0 Å². The zero-order valence-corrected chi connectivity index (χ0v) is 11.8. The van der Waals surface area contributed by atoms with Crippen LogP contribution in [-0.2, 0) is 0 Å². The monoisotopic (exact) mass is 311 g/mol. The molecule has 0 aromatic carbocycles. The fourth-order valence-electron chi connectivity index (χ4n) is 1.48. The average molecular weight is 311 g/mol. The van der Waals surface area contributed by atoms with Crippen molar-refractivity contribution in [1.29, 1.82) is 0 Å². The van der Waals surface area contributed by atoms with Crippen molar-refractivity contribution in [1.82, 2.24) is 5.32 Å². The van der Waals surface area contributed by atoms with Gasteiger partial charge in [-0.1, -0.05) is 61.6 Å². The van der Waals surface area contributed by atoms with Crippen LogP contribution in [0.5, 0.6) is 0 Å². The first kappa shape index (κ1) is 14.7. The number of alkyl halides is 1. The predicted octanol–water partition coefficient (Wildman–Crippen LogP) is 4.15. The molecule has 0 aliphatic rings. The summed E-state index contributed by atoms with van der Waals surface area (Å²) in [5.74, 6) is 0. The zero-order chi connectivity index (χ0) is 10.5. The maximum atomic E-state index is 3.49. The molecule has 1 N–H and O–H groups in total. The van der Waals surface area contributed by atoms with E-state index in [-0.39, 0.29) is 0 Å². The summed E-state index contributed by atoms with van der Waals surface area (Å²) in [6.07, 6.45) is 11.2. The number of rotatable bonds is 11. The van der Waals surface area contributed by atoms with Gasteiger partial charge in [-0.25, -0.2) is 0 Å². The molecule has 0 aromatic heterocycles. The van der Waals surface area contributed by atoms with E-state index in [1.165, 1.54) is 68.9 Å². The van der Waals surface area contributed by atoms with Crippen LogP contribution in [-0.4, -0.2) is 17.5 Å². The molecule has 14 heavy (non-hydrogen) atoms. The Kier molecular flexibility index (Phi) is 14.4. The van der Waals surface area contributed by atoms with Crippen molar-refractivity contribution in [2.75, 3.05) is 17.5 Å². The lowest BCUT2D eigenvalue weighted by atomic mass is 10.1. The van der Waals surface area contributed by atoms with Crippen molar-refractivity contribution in [3.05, 3.63) is 0 Å². The number of unbranched alkanes of at least 4 members (excludes halogenated alkanes) is 6. The van der Waals surface area contributed by atoms with Crippen molar-refractivity contribution in [2.45, 2.75) is 58.3 Å². The molecule has 0 fully saturated rings. The fourth-order valence-corrected chi connectivity index (χ4v) is 2.02. The van der Waals surface area contributed by atoms with Crippen molar-refractivity contribution in [2.24, 2.45) is 0 Å². The fraction of sp³-hybridized carbons (Fsp3) is 1.00. The molecule has 0 rings (SSSR count). The van der Waals surface area contributed by atoms with Crippen LogP contribution >= 0.6 is 22.6 Å². The Balaban J connectivity index is 2.78. The Labute approximate surface area is 104 Å². The molecule has 0 aliphatic heterocycles. The molecular formula is C12H26IN. The van der Waals surface area contributed by atoms with Gasteiger partial charge in [-0.3, -0.25) is 0 Å². The summed E-state index contributed by atoms with van der Waals surface area (Å²) in [6.45, 7) is 4.69. The molecule has 86 valence electrons. The molecule has 0 unspecified atom stereocenters. The minimum absolute atomic E-state index is 1.21. The van der Waals surface area contributed by atoms with Crippen LogP contribution in [0.15, 0.2) is 0 Å². The second-order valence-electron chi connectivity index (χ2n) is 3.91. The normalized spacial score (nSPS) is 10.7. The van der Waals surface area contributed by atoms with Crippen LogP contribution in [0.2, 0.25) is 0 Å². The van der Waals surface area contributed by atoms with Crippen molar-refractivity contribution in [3.8, 4) is 0 Å². The van der Waals surface area contributed by atoms with Gasteiger partial charge in [0.15, 0.2) is 0 Å². The lowest BCUT2D eigenvalue weighted by molar-refractivity contribution is 0.564. The minimum atomic E-state index is 1.21. The van der Waals surface area contributed by atoms with Crippen molar-refractivity contribution < 1.29 is 0 Å². The molecule has 2 heteroatoms. The molecule has 0 bridgehead atoms. The van der Waals surface area contributed by atoms with Gasteiger partial charge in [0, 0.05) is 0 Å². The third kappa shape index (κ3) is 12.7. The van der Waals surface area contributed by atoms with Gasteiger partial charge in [-0.05, 0) is 36.8 Å². The summed E-state index contributed by atoms with van der Waals surface area (Å²) in [5.41, 5.74) is 0. The van der Waals surface area contributed by atoms with Crippen molar-refractivity contribution >= 4 is 22.6 Å². The number of halogens is 1. The lowest BCUT2D eigenvalue weighted by Gasteiger charge is -2.03. The van der Waals surface area contributed by atoms with Crippen LogP contribution in [0.25, 0.3) is 0 Å². The Morgan fingerprint density at radius 1 is 0.786 bits per heavy atom. The Hall–Kier alpha value is 0.690. The average Bonchev–Trinajstić information content (AvgIpc) is 2.21. The Bertz CT molecular complexity index is 84.3. The van der Waals surface area contributed by atoms with Gasteiger partial charge in [0.2, 0.25) is 0 Å². The molecule has 0 amide bonds. The van der Waals surface area contributed by atoms with Gasteiger partial charge in [0.1, 0.15) is 0 Å². The van der Waals surface area contributed by atoms with Gasteiger partial charge in [0.05, 0.1) is 0 Å². The van der Waals surface area contributed by atoms with E-state index in [0.717, 1.165) is 0 Å². The predicted molar refractivity (Wildman–Crippen MR) is 74.4 cm³/mol. The highest BCUT2D eigenvalue weighted by atomic mass is 127. The topological polar surface area (TPSA) is 12.0 Å². The van der Waals surface area contributed by atoms with Crippen LogP contribution < -0.4 is 5.32 Å². The summed E-state index contributed by atoms with van der Waals surface area (Å²) in [7, 11) is 0. The maximum Gasteiger partial charge on any atom is -0.000473 e. The highest BCUT2D eigenvalue weighted by Crippen LogP contribution is 2.06. The SMILES string of the molecule is CCCCNCCCCCCCCI. The molecular weight excluding hydrogens is 285 g/mol. The minimum Gasteiger partial charge on any atom is -0.317 e. The smallest absolute Gasteiger partial charge is 0.000473 e. The number of nitrogens with one attached hydrogen (secondary N) is 1. The molecule has 0 atom stereocenters. The summed E-state index contributed by atoms with van der Waals surface area (Å²) >= 11 is 2.46. The molecule has 0 radical (unpaired) electrons. The first-order chi connectivity index (χ1) is 6.91. The van der Waals surface area contributed by atoms with Gasteiger partial charge >= 0.3 is 0 Å². The molecule has 0 aliphatic carbocycles. The highest BCUT2D eigenvalue weighted by Gasteiger charge is 1.90. The van der Waals surface area contributed by atoms with Gasteiger partial charge < -0.3 is 5.32 Å². The molecule has 0 saturated carbocycles. The van der Waals surface area contributed by atoms with Crippen LogP contribution in [0.4, 0.5) is 0 Å². The molecule has 0 spiro atoms. The van der Waals surface area contributed by atoms with E-state index < -0.39 is 0 Å². The van der Waals surface area contributed by atoms with E-state index in [1.54, 1.807) is 0 Å². The molecule has 0 heterocycles. The Morgan fingerprint density at radius 3 is 2.00 bits per heavy atom. The van der Waals surface area contributed by atoms with Gasteiger partial charge in [-0.2, -0.15) is 0 Å². The number of hydrogen-bond donors (Lipinski definition) is 1. The van der Waals surface area contributed by atoms with Crippen LogP contribution in [0.1, 0.15) is 58.3 Å². The van der Waals surface area contributed by atoms with Gasteiger partial charge in [-0.15, -0.1) is 0 Å². The molecule has 0 saturated heterocycles. The van der Waals surface area contributed by atoms with E-state index >= 15 is 0 Å². The third-order valence-corrected chi connectivity index (χ3v) is 3.21. The zero-order valence-electron chi connectivity index (χ0n) is 9.66. The summed E-state index contributed by atoms with van der Waals surface area (Å²) in [4.78, 5) is 0. The lowest BCUT2D eigenvalue weighted by Crippen LogP contribution is -2.16. The summed E-state index contributed by atoms with van der Waals surface area (Å²) in [5, 5.41) is 3.49. The van der Waals surface area contributed by atoms with Crippen LogP contribution in [0, 0.1) is 0 Å². The number of hydrogen-bond acceptors (Lipinski definition) is 1. The highest BCUT2D eigenvalue weighted by molar-refractivity contribution is 14.1. The maximum absolute atomic E-state index is 3.49. The van der Waals surface area contributed by atoms with Crippen molar-refractivity contribution in [3.63, 3.8) is 0 Å². The first-order valence-corrected chi connectivity index (χ1v) is 7.71. The van der Waals surface area contributed by atoms with Crippen LogP contribution in [0.3, 0.4) is 0 Å². The first-order valence-electron chi connectivity index (χ1n) is 6.18. The second-order valence-corrected chi connectivity index (χ2v) is 4.99. The second kappa shape index (κ2) is 13.7. The largest absolute Gasteiger partial charge is 0.317 e. The van der Waals surface area contributed by atoms with E-state index in [1.807, 2.05) is 0 Å². The Morgan fingerprint density at radius 2 is 1.36 bits per heavy atom. The quantitative estimate of drug-likeness (QED) is 0.343. The van der Waals surface area contributed by atoms with Gasteiger partial charge in [0.25, 0.3) is 0 Å². The van der Waals surface area contributed by atoms with E-state index in [0.29, 0.717) is 0 Å². The standard InChI is InChI=1S/C12H26IN/c1-2-3-11-14-12-9-7-5-4-6-8-10-13/h14H,2-12H2,1H3. The molecule has 1 nitrogen and oxygen atoms in total. The third-order valence-electron chi connectivity index (χ3n) is 2.44. The van der Waals surface area contributed by atoms with E-state index in [4.69, 9.17) is 0 Å². The summed E-state index contributed by atoms with van der Waals surface area (Å²) < 4.78 is 1.33. The summed E-state index contributed by atoms with van der Waals surface area (Å²) in [6, 6.07) is 0. The van der Waals surface area contributed by atoms with E-state index in [2.05, 4.69) is 34.8 Å².